The zero-order valence-electron chi connectivity index (χ0n) is 8.85. The standard InChI is InChI=1S/C11H13Br2FO/c1-6(2)11(13)7-4-8(12)9(14)5-10(7)15-3/h4-6,11H,1-3H3. The first kappa shape index (κ1) is 13.0. The number of methoxy groups -OCH3 is 1. The van der Waals surface area contributed by atoms with Crippen molar-refractivity contribution >= 4 is 31.9 Å². The van der Waals surface area contributed by atoms with Crippen LogP contribution in [0, 0.1) is 11.7 Å². The van der Waals surface area contributed by atoms with Gasteiger partial charge in [0.15, 0.2) is 0 Å². The highest BCUT2D eigenvalue weighted by molar-refractivity contribution is 9.10. The van der Waals surface area contributed by atoms with Crippen LogP contribution in [0.2, 0.25) is 0 Å². The van der Waals surface area contributed by atoms with Crippen LogP contribution >= 0.6 is 31.9 Å². The van der Waals surface area contributed by atoms with Gasteiger partial charge in [-0.05, 0) is 27.9 Å². The molecule has 84 valence electrons. The zero-order chi connectivity index (χ0) is 11.6. The van der Waals surface area contributed by atoms with E-state index in [1.54, 1.807) is 13.2 Å². The van der Waals surface area contributed by atoms with Crippen molar-refractivity contribution in [3.05, 3.63) is 28.0 Å². The normalized spacial score (nSPS) is 13.0. The van der Waals surface area contributed by atoms with Crippen molar-refractivity contribution in [3.63, 3.8) is 0 Å². The summed E-state index contributed by atoms with van der Waals surface area (Å²) in [7, 11) is 1.55. The van der Waals surface area contributed by atoms with Gasteiger partial charge in [0.05, 0.1) is 11.6 Å². The first-order valence-electron chi connectivity index (χ1n) is 4.64. The summed E-state index contributed by atoms with van der Waals surface area (Å²) in [5, 5.41) is 0. The van der Waals surface area contributed by atoms with E-state index in [1.807, 2.05) is 0 Å². The van der Waals surface area contributed by atoms with Crippen LogP contribution in [0.5, 0.6) is 5.75 Å². The van der Waals surface area contributed by atoms with E-state index in [2.05, 4.69) is 45.7 Å². The number of alkyl halides is 1. The summed E-state index contributed by atoms with van der Waals surface area (Å²) in [6.07, 6.45) is 0. The first-order valence-corrected chi connectivity index (χ1v) is 6.35. The van der Waals surface area contributed by atoms with Crippen LogP contribution in [-0.4, -0.2) is 7.11 Å². The Bertz CT molecular complexity index is 353. The minimum absolute atomic E-state index is 0.157. The molecule has 0 bridgehead atoms. The minimum atomic E-state index is -0.306. The summed E-state index contributed by atoms with van der Waals surface area (Å²) in [4.78, 5) is 0.157. The van der Waals surface area contributed by atoms with Crippen molar-refractivity contribution < 1.29 is 9.13 Å². The molecule has 0 spiro atoms. The lowest BCUT2D eigenvalue weighted by Crippen LogP contribution is -2.02. The molecule has 0 amide bonds. The third-order valence-electron chi connectivity index (χ3n) is 2.16. The molecule has 0 heterocycles. The molecule has 0 saturated carbocycles. The Morgan fingerprint density at radius 1 is 1.33 bits per heavy atom. The van der Waals surface area contributed by atoms with Gasteiger partial charge in [-0.1, -0.05) is 29.8 Å². The SMILES string of the molecule is COc1cc(F)c(Br)cc1C(Br)C(C)C. The first-order chi connectivity index (χ1) is 6.97. The van der Waals surface area contributed by atoms with Crippen LogP contribution < -0.4 is 4.74 Å². The highest BCUT2D eigenvalue weighted by atomic mass is 79.9. The number of hydrogen-bond donors (Lipinski definition) is 0. The van der Waals surface area contributed by atoms with E-state index in [9.17, 15) is 4.39 Å². The predicted octanol–water partition coefficient (Wildman–Crippen LogP) is 4.69. The van der Waals surface area contributed by atoms with Crippen molar-refractivity contribution in [1.82, 2.24) is 0 Å². The predicted molar refractivity (Wildman–Crippen MR) is 67.2 cm³/mol. The van der Waals surface area contributed by atoms with Crippen LogP contribution in [0.3, 0.4) is 0 Å². The smallest absolute Gasteiger partial charge is 0.141 e. The minimum Gasteiger partial charge on any atom is -0.496 e. The maximum absolute atomic E-state index is 13.3. The van der Waals surface area contributed by atoms with Crippen molar-refractivity contribution in [3.8, 4) is 5.75 Å². The molecule has 0 aromatic heterocycles. The molecule has 15 heavy (non-hydrogen) atoms. The van der Waals surface area contributed by atoms with Gasteiger partial charge in [0, 0.05) is 16.5 Å². The summed E-state index contributed by atoms with van der Waals surface area (Å²) in [5.74, 6) is 0.682. The molecule has 4 heteroatoms. The van der Waals surface area contributed by atoms with Gasteiger partial charge < -0.3 is 4.74 Å². The summed E-state index contributed by atoms with van der Waals surface area (Å²) < 4.78 is 18.9. The maximum Gasteiger partial charge on any atom is 0.141 e. The lowest BCUT2D eigenvalue weighted by Gasteiger charge is -2.18. The quantitative estimate of drug-likeness (QED) is 0.726. The fourth-order valence-electron chi connectivity index (χ4n) is 1.30. The van der Waals surface area contributed by atoms with Crippen molar-refractivity contribution in [2.45, 2.75) is 18.7 Å². The molecule has 1 aromatic carbocycles. The van der Waals surface area contributed by atoms with Gasteiger partial charge in [-0.25, -0.2) is 4.39 Å². The molecule has 0 aliphatic heterocycles. The van der Waals surface area contributed by atoms with E-state index < -0.39 is 0 Å². The van der Waals surface area contributed by atoms with Gasteiger partial charge in [-0.2, -0.15) is 0 Å². The van der Waals surface area contributed by atoms with Crippen molar-refractivity contribution in [2.75, 3.05) is 7.11 Å². The van der Waals surface area contributed by atoms with Gasteiger partial charge in [-0.15, -0.1) is 0 Å². The molecule has 1 unspecified atom stereocenters. The van der Waals surface area contributed by atoms with Crippen LogP contribution in [0.4, 0.5) is 4.39 Å². The van der Waals surface area contributed by atoms with E-state index in [1.165, 1.54) is 6.07 Å². The number of rotatable bonds is 3. The molecular weight excluding hydrogens is 327 g/mol. The van der Waals surface area contributed by atoms with E-state index in [0.29, 0.717) is 16.1 Å². The molecule has 1 atom stereocenters. The van der Waals surface area contributed by atoms with Crippen LogP contribution in [0.15, 0.2) is 16.6 Å². The average molecular weight is 340 g/mol. The lowest BCUT2D eigenvalue weighted by atomic mass is 10.0. The molecule has 0 fully saturated rings. The number of halogens is 3. The summed E-state index contributed by atoms with van der Waals surface area (Å²) in [6.45, 7) is 4.19. The van der Waals surface area contributed by atoms with E-state index in [-0.39, 0.29) is 10.6 Å². The van der Waals surface area contributed by atoms with E-state index in [4.69, 9.17) is 4.74 Å². The zero-order valence-corrected chi connectivity index (χ0v) is 12.0. The Morgan fingerprint density at radius 2 is 1.93 bits per heavy atom. The molecule has 0 aliphatic carbocycles. The largest absolute Gasteiger partial charge is 0.496 e. The fraction of sp³-hybridized carbons (Fsp3) is 0.455. The number of hydrogen-bond acceptors (Lipinski definition) is 1. The maximum atomic E-state index is 13.3. The monoisotopic (exact) mass is 338 g/mol. The fourth-order valence-corrected chi connectivity index (χ4v) is 2.01. The molecule has 0 saturated heterocycles. The Morgan fingerprint density at radius 3 is 2.40 bits per heavy atom. The van der Waals surface area contributed by atoms with Gasteiger partial charge >= 0.3 is 0 Å². The summed E-state index contributed by atoms with van der Waals surface area (Å²) in [5.41, 5.74) is 0.959. The molecule has 1 nitrogen and oxygen atoms in total. The molecule has 0 radical (unpaired) electrons. The highest BCUT2D eigenvalue weighted by Gasteiger charge is 2.18. The summed E-state index contributed by atoms with van der Waals surface area (Å²) >= 11 is 6.75. The molecule has 0 aliphatic rings. The molecule has 1 rings (SSSR count). The van der Waals surface area contributed by atoms with Gasteiger partial charge in [0.25, 0.3) is 0 Å². The van der Waals surface area contributed by atoms with Gasteiger partial charge in [0.1, 0.15) is 11.6 Å². The van der Waals surface area contributed by atoms with Crippen LogP contribution in [0.1, 0.15) is 24.2 Å². The second-order valence-electron chi connectivity index (χ2n) is 3.65. The Labute approximate surface area is 106 Å². The Kier molecular flexibility index (Phi) is 4.59. The average Bonchev–Trinajstić information content (AvgIpc) is 2.20. The second kappa shape index (κ2) is 5.30. The van der Waals surface area contributed by atoms with Crippen molar-refractivity contribution in [1.29, 1.82) is 0 Å². The van der Waals surface area contributed by atoms with Gasteiger partial charge in [0.2, 0.25) is 0 Å². The second-order valence-corrected chi connectivity index (χ2v) is 5.49. The number of benzene rings is 1. The lowest BCUT2D eigenvalue weighted by molar-refractivity contribution is 0.402. The highest BCUT2D eigenvalue weighted by Crippen LogP contribution is 2.38. The van der Waals surface area contributed by atoms with Gasteiger partial charge in [-0.3, -0.25) is 0 Å². The van der Waals surface area contributed by atoms with Crippen LogP contribution in [-0.2, 0) is 0 Å². The topological polar surface area (TPSA) is 9.23 Å². The summed E-state index contributed by atoms with van der Waals surface area (Å²) in [6, 6.07) is 3.16. The third-order valence-corrected chi connectivity index (χ3v) is 4.31. The molecule has 1 aromatic rings. The number of ether oxygens (including phenoxy) is 1. The Balaban J connectivity index is 3.21. The van der Waals surface area contributed by atoms with E-state index >= 15 is 0 Å². The van der Waals surface area contributed by atoms with Crippen molar-refractivity contribution in [2.24, 2.45) is 5.92 Å². The molecular formula is C11H13Br2FO. The molecule has 0 N–H and O–H groups in total. The van der Waals surface area contributed by atoms with E-state index in [0.717, 1.165) is 5.56 Å². The van der Waals surface area contributed by atoms with Crippen LogP contribution in [0.25, 0.3) is 0 Å². The Hall–Kier alpha value is -0.0900. The third kappa shape index (κ3) is 2.94.